The molecule has 1 fully saturated rings. The van der Waals surface area contributed by atoms with Gasteiger partial charge in [0.15, 0.2) is 0 Å². The zero-order valence-electron chi connectivity index (χ0n) is 11.7. The van der Waals surface area contributed by atoms with E-state index >= 15 is 0 Å². The van der Waals surface area contributed by atoms with Gasteiger partial charge in [-0.2, -0.15) is 0 Å². The molecule has 1 aliphatic heterocycles. The van der Waals surface area contributed by atoms with Crippen molar-refractivity contribution in [3.05, 3.63) is 35.6 Å². The molecule has 0 bridgehead atoms. The number of benzene rings is 1. The molecule has 2 amide bonds. The number of rotatable bonds is 4. The Morgan fingerprint density at radius 3 is 2.55 bits per heavy atom. The van der Waals surface area contributed by atoms with Gasteiger partial charge in [-0.1, -0.05) is 26.0 Å². The summed E-state index contributed by atoms with van der Waals surface area (Å²) in [6, 6.07) is 5.79. The average molecular weight is 278 g/mol. The molecule has 0 saturated carbocycles. The standard InChI is InChI=1S/C15H19FN2O2/c1-10(2)14-15(20)17-9-13(19)18(14)8-7-11-3-5-12(16)6-4-11/h3-6,10,14H,7-9H2,1-2H3,(H,17,20). The minimum absolute atomic E-state index is 0.0610. The molecule has 108 valence electrons. The third-order valence-electron chi connectivity index (χ3n) is 3.52. The van der Waals surface area contributed by atoms with E-state index in [4.69, 9.17) is 0 Å². The highest BCUT2D eigenvalue weighted by Crippen LogP contribution is 2.16. The summed E-state index contributed by atoms with van der Waals surface area (Å²) in [5, 5.41) is 2.62. The van der Waals surface area contributed by atoms with Crippen molar-refractivity contribution >= 4 is 11.8 Å². The van der Waals surface area contributed by atoms with Crippen molar-refractivity contribution in [1.29, 1.82) is 0 Å². The Kier molecular flexibility index (Phi) is 4.37. The van der Waals surface area contributed by atoms with Gasteiger partial charge in [0.1, 0.15) is 11.9 Å². The smallest absolute Gasteiger partial charge is 0.243 e. The fraction of sp³-hybridized carbons (Fsp3) is 0.467. The fourth-order valence-electron chi connectivity index (χ4n) is 2.49. The maximum atomic E-state index is 12.8. The molecule has 1 heterocycles. The van der Waals surface area contributed by atoms with E-state index in [9.17, 15) is 14.0 Å². The number of carbonyl (C=O) groups excluding carboxylic acids is 2. The summed E-state index contributed by atoms with van der Waals surface area (Å²) < 4.78 is 12.8. The minimum Gasteiger partial charge on any atom is -0.345 e. The number of nitrogens with zero attached hydrogens (tertiary/aromatic N) is 1. The molecule has 20 heavy (non-hydrogen) atoms. The van der Waals surface area contributed by atoms with Crippen molar-refractivity contribution in [2.45, 2.75) is 26.3 Å². The molecule has 5 heteroatoms. The van der Waals surface area contributed by atoms with Gasteiger partial charge in [-0.15, -0.1) is 0 Å². The summed E-state index contributed by atoms with van der Waals surface area (Å²) in [6.07, 6.45) is 0.614. The number of nitrogens with one attached hydrogen (secondary N) is 1. The number of piperazine rings is 1. The van der Waals surface area contributed by atoms with Gasteiger partial charge in [-0.05, 0) is 30.0 Å². The van der Waals surface area contributed by atoms with E-state index in [2.05, 4.69) is 5.32 Å². The Labute approximate surface area is 118 Å². The van der Waals surface area contributed by atoms with Crippen molar-refractivity contribution in [2.24, 2.45) is 5.92 Å². The van der Waals surface area contributed by atoms with Gasteiger partial charge in [0.25, 0.3) is 0 Å². The highest BCUT2D eigenvalue weighted by Gasteiger charge is 2.35. The first-order chi connectivity index (χ1) is 9.49. The van der Waals surface area contributed by atoms with Crippen LogP contribution in [-0.2, 0) is 16.0 Å². The summed E-state index contributed by atoms with van der Waals surface area (Å²) in [5.74, 6) is -0.376. The first kappa shape index (κ1) is 14.5. The predicted octanol–water partition coefficient (Wildman–Crippen LogP) is 1.35. The van der Waals surface area contributed by atoms with Gasteiger partial charge in [-0.3, -0.25) is 9.59 Å². The van der Waals surface area contributed by atoms with Gasteiger partial charge < -0.3 is 10.2 Å². The van der Waals surface area contributed by atoms with E-state index < -0.39 is 6.04 Å². The lowest BCUT2D eigenvalue weighted by Crippen LogP contribution is -2.60. The van der Waals surface area contributed by atoms with Crippen LogP contribution in [0.25, 0.3) is 0 Å². The van der Waals surface area contributed by atoms with E-state index in [0.29, 0.717) is 13.0 Å². The van der Waals surface area contributed by atoms with Crippen LogP contribution in [-0.4, -0.2) is 35.8 Å². The molecular weight excluding hydrogens is 259 g/mol. The lowest BCUT2D eigenvalue weighted by Gasteiger charge is -2.37. The van der Waals surface area contributed by atoms with Crippen LogP contribution in [0, 0.1) is 11.7 Å². The van der Waals surface area contributed by atoms with Crippen LogP contribution in [0.15, 0.2) is 24.3 Å². The van der Waals surface area contributed by atoms with Crippen molar-refractivity contribution < 1.29 is 14.0 Å². The van der Waals surface area contributed by atoms with Gasteiger partial charge in [-0.25, -0.2) is 4.39 Å². The summed E-state index contributed by atoms with van der Waals surface area (Å²) in [7, 11) is 0. The fourth-order valence-corrected chi connectivity index (χ4v) is 2.49. The van der Waals surface area contributed by atoms with Crippen LogP contribution in [0.1, 0.15) is 19.4 Å². The molecule has 0 spiro atoms. The first-order valence-electron chi connectivity index (χ1n) is 6.80. The van der Waals surface area contributed by atoms with Crippen LogP contribution in [0.4, 0.5) is 4.39 Å². The van der Waals surface area contributed by atoms with Crippen LogP contribution >= 0.6 is 0 Å². The molecular formula is C15H19FN2O2. The van der Waals surface area contributed by atoms with Gasteiger partial charge in [0, 0.05) is 6.54 Å². The molecule has 1 saturated heterocycles. The van der Waals surface area contributed by atoms with Gasteiger partial charge >= 0.3 is 0 Å². The summed E-state index contributed by atoms with van der Waals surface area (Å²) in [6.45, 7) is 4.38. The summed E-state index contributed by atoms with van der Waals surface area (Å²) in [5.41, 5.74) is 0.952. The molecule has 1 aliphatic rings. The van der Waals surface area contributed by atoms with E-state index in [1.165, 1.54) is 12.1 Å². The number of amides is 2. The highest BCUT2D eigenvalue weighted by molar-refractivity contribution is 5.94. The van der Waals surface area contributed by atoms with Crippen LogP contribution < -0.4 is 5.32 Å². The molecule has 0 radical (unpaired) electrons. The maximum Gasteiger partial charge on any atom is 0.243 e. The van der Waals surface area contributed by atoms with E-state index in [1.54, 1.807) is 17.0 Å². The normalized spacial score (nSPS) is 19.4. The second-order valence-corrected chi connectivity index (χ2v) is 5.37. The molecule has 2 rings (SSSR count). The monoisotopic (exact) mass is 278 g/mol. The second-order valence-electron chi connectivity index (χ2n) is 5.37. The third kappa shape index (κ3) is 3.15. The average Bonchev–Trinajstić information content (AvgIpc) is 2.41. The Balaban J connectivity index is 2.06. The molecule has 4 nitrogen and oxygen atoms in total. The first-order valence-corrected chi connectivity index (χ1v) is 6.80. The third-order valence-corrected chi connectivity index (χ3v) is 3.52. The van der Waals surface area contributed by atoms with E-state index in [1.807, 2.05) is 13.8 Å². The molecule has 0 aliphatic carbocycles. The van der Waals surface area contributed by atoms with E-state index in [-0.39, 0.29) is 30.1 Å². The van der Waals surface area contributed by atoms with Crippen LogP contribution in [0.3, 0.4) is 0 Å². The Morgan fingerprint density at radius 1 is 1.30 bits per heavy atom. The van der Waals surface area contributed by atoms with Gasteiger partial charge in [0.05, 0.1) is 6.54 Å². The lowest BCUT2D eigenvalue weighted by atomic mass is 9.98. The highest BCUT2D eigenvalue weighted by atomic mass is 19.1. The molecule has 1 N–H and O–H groups in total. The number of hydrogen-bond acceptors (Lipinski definition) is 2. The van der Waals surface area contributed by atoms with Crippen molar-refractivity contribution in [1.82, 2.24) is 10.2 Å². The minimum atomic E-state index is -0.420. The maximum absolute atomic E-state index is 12.8. The Bertz CT molecular complexity index is 499. The van der Waals surface area contributed by atoms with Crippen molar-refractivity contribution in [3.8, 4) is 0 Å². The Hall–Kier alpha value is -1.91. The topological polar surface area (TPSA) is 49.4 Å². The van der Waals surface area contributed by atoms with Gasteiger partial charge in [0.2, 0.25) is 11.8 Å². The summed E-state index contributed by atoms with van der Waals surface area (Å²) >= 11 is 0. The Morgan fingerprint density at radius 2 is 1.95 bits per heavy atom. The zero-order chi connectivity index (χ0) is 14.7. The van der Waals surface area contributed by atoms with Crippen molar-refractivity contribution in [3.63, 3.8) is 0 Å². The van der Waals surface area contributed by atoms with Crippen LogP contribution in [0.2, 0.25) is 0 Å². The van der Waals surface area contributed by atoms with Crippen molar-refractivity contribution in [2.75, 3.05) is 13.1 Å². The molecule has 1 atom stereocenters. The van der Waals surface area contributed by atoms with Crippen LogP contribution in [0.5, 0.6) is 0 Å². The van der Waals surface area contributed by atoms with E-state index in [0.717, 1.165) is 5.56 Å². The zero-order valence-corrected chi connectivity index (χ0v) is 11.7. The SMILES string of the molecule is CC(C)C1C(=O)NCC(=O)N1CCc1ccc(F)cc1. The molecule has 1 aromatic rings. The quantitative estimate of drug-likeness (QED) is 0.904. The second kappa shape index (κ2) is 6.03. The number of hydrogen-bond donors (Lipinski definition) is 1. The molecule has 1 unspecified atom stereocenters. The molecule has 0 aromatic heterocycles. The molecule has 1 aromatic carbocycles. The number of halogens is 1. The largest absolute Gasteiger partial charge is 0.345 e. The number of carbonyl (C=O) groups is 2. The predicted molar refractivity (Wildman–Crippen MR) is 73.5 cm³/mol. The lowest BCUT2D eigenvalue weighted by molar-refractivity contribution is -0.147. The summed E-state index contributed by atoms with van der Waals surface area (Å²) in [4.78, 5) is 25.5.